The van der Waals surface area contributed by atoms with Gasteiger partial charge in [0.15, 0.2) is 0 Å². The summed E-state index contributed by atoms with van der Waals surface area (Å²) in [5, 5.41) is 0. The summed E-state index contributed by atoms with van der Waals surface area (Å²) in [4.78, 5) is 0. The second kappa shape index (κ2) is 8.25. The maximum Gasteiger partial charge on any atom is -0.0317 e. The summed E-state index contributed by atoms with van der Waals surface area (Å²) in [6.45, 7) is 7.42. The third-order valence-corrected chi connectivity index (χ3v) is 6.34. The maximum absolute atomic E-state index is 2.56. The molecule has 4 atom stereocenters. The van der Waals surface area contributed by atoms with Crippen LogP contribution in [-0.4, -0.2) is 0 Å². The van der Waals surface area contributed by atoms with Gasteiger partial charge in [-0.25, -0.2) is 0 Å². The van der Waals surface area contributed by atoms with Crippen LogP contribution in [0.2, 0.25) is 0 Å². The van der Waals surface area contributed by atoms with Gasteiger partial charge >= 0.3 is 0 Å². The minimum atomic E-state index is 0.939. The first-order valence-corrected chi connectivity index (χ1v) is 9.41. The van der Waals surface area contributed by atoms with Gasteiger partial charge in [-0.1, -0.05) is 71.4 Å². The molecule has 0 aromatic carbocycles. The fourth-order valence-electron chi connectivity index (χ4n) is 5.19. The van der Waals surface area contributed by atoms with E-state index in [2.05, 4.69) is 32.9 Å². The quantitative estimate of drug-likeness (QED) is 0.479. The first-order chi connectivity index (χ1) is 9.76. The molecule has 0 bridgehead atoms. The standard InChI is InChI=1S/C20H36/c1-4-18-13-7-6-8-14-20(18)19(5-2)16(3)15-17-11-9-10-12-17/h6,8,16-20H,4-5,7,9-15H2,1-3H3. The molecule has 0 nitrogen and oxygen atoms in total. The summed E-state index contributed by atoms with van der Waals surface area (Å²) in [6.07, 6.45) is 19.4. The van der Waals surface area contributed by atoms with Gasteiger partial charge in [0.05, 0.1) is 0 Å². The summed E-state index contributed by atoms with van der Waals surface area (Å²) in [5.41, 5.74) is 0. The lowest BCUT2D eigenvalue weighted by atomic mass is 9.69. The van der Waals surface area contributed by atoms with Crippen LogP contribution in [0.4, 0.5) is 0 Å². The van der Waals surface area contributed by atoms with Crippen molar-refractivity contribution in [3.63, 3.8) is 0 Å². The Kier molecular flexibility index (Phi) is 6.65. The van der Waals surface area contributed by atoms with Crippen LogP contribution < -0.4 is 0 Å². The average molecular weight is 277 g/mol. The molecule has 0 spiro atoms. The van der Waals surface area contributed by atoms with Crippen LogP contribution in [0.15, 0.2) is 12.2 Å². The zero-order valence-corrected chi connectivity index (χ0v) is 14.1. The van der Waals surface area contributed by atoms with Gasteiger partial charge in [0.25, 0.3) is 0 Å². The van der Waals surface area contributed by atoms with E-state index in [-0.39, 0.29) is 0 Å². The fourth-order valence-corrected chi connectivity index (χ4v) is 5.19. The average Bonchev–Trinajstić information content (AvgIpc) is 2.84. The topological polar surface area (TPSA) is 0 Å². The lowest BCUT2D eigenvalue weighted by Crippen LogP contribution is -2.28. The smallest absolute Gasteiger partial charge is 0.0317 e. The van der Waals surface area contributed by atoms with Crippen LogP contribution in [0.25, 0.3) is 0 Å². The van der Waals surface area contributed by atoms with E-state index in [0.717, 1.165) is 29.6 Å². The number of hydrogen-bond donors (Lipinski definition) is 0. The second-order valence-corrected chi connectivity index (χ2v) is 7.55. The van der Waals surface area contributed by atoms with E-state index in [1.165, 1.54) is 64.2 Å². The van der Waals surface area contributed by atoms with Crippen molar-refractivity contribution in [1.29, 1.82) is 0 Å². The summed E-state index contributed by atoms with van der Waals surface area (Å²) < 4.78 is 0. The Hall–Kier alpha value is -0.260. The van der Waals surface area contributed by atoms with Crippen molar-refractivity contribution in [2.24, 2.45) is 29.6 Å². The predicted octanol–water partition coefficient (Wildman–Crippen LogP) is 6.61. The normalized spacial score (nSPS) is 31.1. The fraction of sp³-hybridized carbons (Fsp3) is 0.900. The van der Waals surface area contributed by atoms with Crippen molar-refractivity contribution in [2.45, 2.75) is 85.0 Å². The Labute approximate surface area is 127 Å². The van der Waals surface area contributed by atoms with Crippen molar-refractivity contribution < 1.29 is 0 Å². The molecule has 116 valence electrons. The van der Waals surface area contributed by atoms with E-state index < -0.39 is 0 Å². The zero-order valence-electron chi connectivity index (χ0n) is 14.1. The van der Waals surface area contributed by atoms with Crippen molar-refractivity contribution >= 4 is 0 Å². The first-order valence-electron chi connectivity index (χ1n) is 9.41. The number of allylic oxidation sites excluding steroid dienone is 2. The Morgan fingerprint density at radius 3 is 2.45 bits per heavy atom. The molecule has 0 saturated heterocycles. The number of hydrogen-bond acceptors (Lipinski definition) is 0. The van der Waals surface area contributed by atoms with Crippen LogP contribution in [0.1, 0.15) is 85.0 Å². The molecule has 2 aliphatic carbocycles. The Morgan fingerprint density at radius 1 is 1.05 bits per heavy atom. The van der Waals surface area contributed by atoms with Gasteiger partial charge in [-0.15, -0.1) is 0 Å². The van der Waals surface area contributed by atoms with Crippen LogP contribution in [0.5, 0.6) is 0 Å². The monoisotopic (exact) mass is 276 g/mol. The molecule has 0 aromatic rings. The molecule has 0 aliphatic heterocycles. The van der Waals surface area contributed by atoms with Gasteiger partial charge in [0.2, 0.25) is 0 Å². The summed E-state index contributed by atoms with van der Waals surface area (Å²) in [7, 11) is 0. The predicted molar refractivity (Wildman–Crippen MR) is 89.8 cm³/mol. The molecule has 0 N–H and O–H groups in total. The van der Waals surface area contributed by atoms with Gasteiger partial charge in [0, 0.05) is 0 Å². The van der Waals surface area contributed by atoms with E-state index in [9.17, 15) is 0 Å². The molecule has 0 heteroatoms. The second-order valence-electron chi connectivity index (χ2n) is 7.55. The van der Waals surface area contributed by atoms with E-state index >= 15 is 0 Å². The molecule has 2 aliphatic rings. The zero-order chi connectivity index (χ0) is 14.4. The highest BCUT2D eigenvalue weighted by molar-refractivity contribution is 4.93. The molecule has 0 heterocycles. The van der Waals surface area contributed by atoms with Crippen molar-refractivity contribution in [2.75, 3.05) is 0 Å². The van der Waals surface area contributed by atoms with Gasteiger partial charge in [-0.3, -0.25) is 0 Å². The molecule has 4 unspecified atom stereocenters. The van der Waals surface area contributed by atoms with Crippen molar-refractivity contribution in [3.05, 3.63) is 12.2 Å². The molecule has 1 saturated carbocycles. The summed E-state index contributed by atoms with van der Waals surface area (Å²) in [5.74, 6) is 4.89. The van der Waals surface area contributed by atoms with Gasteiger partial charge in [-0.2, -0.15) is 0 Å². The van der Waals surface area contributed by atoms with Gasteiger partial charge < -0.3 is 0 Å². The SMILES string of the molecule is CCC1CCC=CCC1C(CC)C(C)CC1CCCC1. The molecular weight excluding hydrogens is 240 g/mol. The molecule has 0 aromatic heterocycles. The summed E-state index contributed by atoms with van der Waals surface area (Å²) >= 11 is 0. The molecule has 1 fully saturated rings. The molecule has 20 heavy (non-hydrogen) atoms. The highest BCUT2D eigenvalue weighted by Gasteiger charge is 2.32. The Bertz CT molecular complexity index is 284. The number of rotatable bonds is 6. The molecule has 0 radical (unpaired) electrons. The first kappa shape index (κ1) is 16.1. The molecule has 2 rings (SSSR count). The van der Waals surface area contributed by atoms with E-state index in [1.807, 2.05) is 0 Å². The van der Waals surface area contributed by atoms with Gasteiger partial charge in [-0.05, 0) is 55.3 Å². The van der Waals surface area contributed by atoms with Gasteiger partial charge in [0.1, 0.15) is 0 Å². The molecule has 0 amide bonds. The Morgan fingerprint density at radius 2 is 1.80 bits per heavy atom. The minimum Gasteiger partial charge on any atom is -0.0885 e. The highest BCUT2D eigenvalue weighted by atomic mass is 14.4. The van der Waals surface area contributed by atoms with Crippen molar-refractivity contribution in [3.8, 4) is 0 Å². The largest absolute Gasteiger partial charge is 0.0885 e. The molecular formula is C20H36. The van der Waals surface area contributed by atoms with Crippen LogP contribution in [-0.2, 0) is 0 Å². The van der Waals surface area contributed by atoms with E-state index in [0.29, 0.717) is 0 Å². The third-order valence-electron chi connectivity index (χ3n) is 6.34. The Balaban J connectivity index is 1.98. The minimum absolute atomic E-state index is 0.939. The van der Waals surface area contributed by atoms with Crippen molar-refractivity contribution in [1.82, 2.24) is 0 Å². The third kappa shape index (κ3) is 4.12. The van der Waals surface area contributed by atoms with Crippen LogP contribution in [0, 0.1) is 29.6 Å². The summed E-state index contributed by atoms with van der Waals surface area (Å²) in [6, 6.07) is 0. The van der Waals surface area contributed by atoms with Crippen LogP contribution >= 0.6 is 0 Å². The lowest BCUT2D eigenvalue weighted by molar-refractivity contribution is 0.139. The van der Waals surface area contributed by atoms with Crippen LogP contribution in [0.3, 0.4) is 0 Å². The van der Waals surface area contributed by atoms with E-state index in [4.69, 9.17) is 0 Å². The van der Waals surface area contributed by atoms with E-state index in [1.54, 1.807) is 0 Å². The highest BCUT2D eigenvalue weighted by Crippen LogP contribution is 2.42. The maximum atomic E-state index is 2.56. The lowest BCUT2D eigenvalue weighted by Gasteiger charge is -2.36.